The van der Waals surface area contributed by atoms with E-state index in [2.05, 4.69) is 0 Å². The molecular formula is C13H25ClN2O. The molecular weight excluding hydrogens is 236 g/mol. The van der Waals surface area contributed by atoms with Crippen LogP contribution in [-0.4, -0.2) is 29.9 Å². The number of amides is 1. The van der Waals surface area contributed by atoms with Crippen molar-refractivity contribution >= 4 is 18.3 Å². The quantitative estimate of drug-likeness (QED) is 0.736. The molecule has 0 bridgehead atoms. The molecule has 2 rings (SSSR count). The molecule has 0 aromatic heterocycles. The van der Waals surface area contributed by atoms with Gasteiger partial charge in [-0.1, -0.05) is 25.7 Å². The molecule has 1 aliphatic heterocycles. The van der Waals surface area contributed by atoms with Crippen LogP contribution in [0.25, 0.3) is 0 Å². The van der Waals surface area contributed by atoms with E-state index in [4.69, 9.17) is 5.73 Å². The van der Waals surface area contributed by atoms with Crippen LogP contribution >= 0.6 is 12.4 Å². The Morgan fingerprint density at radius 2 is 1.65 bits per heavy atom. The molecule has 1 amide bonds. The van der Waals surface area contributed by atoms with Gasteiger partial charge in [0.25, 0.3) is 0 Å². The number of nitrogens with zero attached hydrogens (tertiary/aromatic N) is 1. The standard InChI is InChI=1S/C13H24N2O.ClH/c14-12-8-5-9-15(10-12)13(16)11-6-3-1-2-4-7-11;/h11-12H,1-10,14H2;1H/t12-;/m1./s1. The number of likely N-dealkylation sites (tertiary alicyclic amines) is 1. The van der Waals surface area contributed by atoms with Crippen molar-refractivity contribution in [2.24, 2.45) is 11.7 Å². The van der Waals surface area contributed by atoms with E-state index in [0.717, 1.165) is 38.8 Å². The maximum atomic E-state index is 12.3. The zero-order chi connectivity index (χ0) is 11.4. The van der Waals surface area contributed by atoms with Gasteiger partial charge < -0.3 is 10.6 Å². The number of rotatable bonds is 1. The first-order valence-corrected chi connectivity index (χ1v) is 6.82. The van der Waals surface area contributed by atoms with Gasteiger partial charge >= 0.3 is 0 Å². The lowest BCUT2D eigenvalue weighted by atomic mass is 9.96. The summed E-state index contributed by atoms with van der Waals surface area (Å²) in [5.74, 6) is 0.685. The Hall–Kier alpha value is -0.280. The molecule has 0 radical (unpaired) electrons. The van der Waals surface area contributed by atoms with Crippen LogP contribution in [0.3, 0.4) is 0 Å². The van der Waals surface area contributed by atoms with E-state index in [-0.39, 0.29) is 18.4 Å². The zero-order valence-electron chi connectivity index (χ0n) is 10.6. The van der Waals surface area contributed by atoms with Crippen LogP contribution in [-0.2, 0) is 4.79 Å². The van der Waals surface area contributed by atoms with E-state index < -0.39 is 0 Å². The molecule has 1 atom stereocenters. The third-order valence-corrected chi connectivity index (χ3v) is 3.97. The molecule has 2 aliphatic rings. The molecule has 17 heavy (non-hydrogen) atoms. The van der Waals surface area contributed by atoms with Gasteiger partial charge in [-0.3, -0.25) is 4.79 Å². The third-order valence-electron chi connectivity index (χ3n) is 3.97. The highest BCUT2D eigenvalue weighted by Crippen LogP contribution is 2.25. The first kappa shape index (κ1) is 14.8. The van der Waals surface area contributed by atoms with Gasteiger partial charge in [0, 0.05) is 25.0 Å². The second-order valence-corrected chi connectivity index (χ2v) is 5.38. The monoisotopic (exact) mass is 260 g/mol. The first-order chi connectivity index (χ1) is 7.77. The van der Waals surface area contributed by atoms with Crippen LogP contribution in [0.5, 0.6) is 0 Å². The van der Waals surface area contributed by atoms with Gasteiger partial charge in [0.15, 0.2) is 0 Å². The summed E-state index contributed by atoms with van der Waals surface area (Å²) in [5, 5.41) is 0. The molecule has 1 saturated carbocycles. The van der Waals surface area contributed by atoms with Crippen LogP contribution in [0.1, 0.15) is 51.4 Å². The average molecular weight is 261 g/mol. The minimum Gasteiger partial charge on any atom is -0.341 e. The molecule has 0 spiro atoms. The van der Waals surface area contributed by atoms with E-state index in [9.17, 15) is 4.79 Å². The fraction of sp³-hybridized carbons (Fsp3) is 0.923. The molecule has 0 aromatic rings. The van der Waals surface area contributed by atoms with Gasteiger partial charge in [-0.25, -0.2) is 0 Å². The number of carbonyl (C=O) groups excluding carboxylic acids is 1. The number of nitrogens with two attached hydrogens (primary N) is 1. The van der Waals surface area contributed by atoms with Crippen LogP contribution in [0.15, 0.2) is 0 Å². The summed E-state index contributed by atoms with van der Waals surface area (Å²) in [5.41, 5.74) is 5.93. The third kappa shape index (κ3) is 4.14. The predicted octanol–water partition coefficient (Wildman–Crippen LogP) is 2.33. The van der Waals surface area contributed by atoms with Crippen molar-refractivity contribution in [2.45, 2.75) is 57.4 Å². The van der Waals surface area contributed by atoms with Gasteiger partial charge in [0.2, 0.25) is 5.91 Å². The highest BCUT2D eigenvalue weighted by atomic mass is 35.5. The fourth-order valence-corrected chi connectivity index (χ4v) is 2.99. The molecule has 1 aliphatic carbocycles. The Morgan fingerprint density at radius 1 is 1.00 bits per heavy atom. The van der Waals surface area contributed by atoms with E-state index in [1.807, 2.05) is 4.90 Å². The lowest BCUT2D eigenvalue weighted by Gasteiger charge is -2.33. The maximum absolute atomic E-state index is 12.3. The summed E-state index contributed by atoms with van der Waals surface area (Å²) in [6.07, 6.45) is 9.45. The van der Waals surface area contributed by atoms with E-state index >= 15 is 0 Å². The number of carbonyl (C=O) groups is 1. The van der Waals surface area contributed by atoms with Gasteiger partial charge in [0.05, 0.1) is 0 Å². The Kier molecular flexibility index (Phi) is 6.28. The number of hydrogen-bond acceptors (Lipinski definition) is 2. The van der Waals surface area contributed by atoms with Crippen molar-refractivity contribution in [1.82, 2.24) is 4.90 Å². The second kappa shape index (κ2) is 7.22. The van der Waals surface area contributed by atoms with Crippen molar-refractivity contribution in [2.75, 3.05) is 13.1 Å². The molecule has 100 valence electrons. The Balaban J connectivity index is 0.00000144. The first-order valence-electron chi connectivity index (χ1n) is 6.82. The topological polar surface area (TPSA) is 46.3 Å². The summed E-state index contributed by atoms with van der Waals surface area (Å²) < 4.78 is 0. The Morgan fingerprint density at radius 3 is 2.24 bits per heavy atom. The summed E-state index contributed by atoms with van der Waals surface area (Å²) in [7, 11) is 0. The number of halogens is 1. The number of piperidine rings is 1. The van der Waals surface area contributed by atoms with Gasteiger partial charge in [-0.15, -0.1) is 12.4 Å². The normalized spacial score (nSPS) is 27.1. The van der Waals surface area contributed by atoms with E-state index in [1.165, 1.54) is 25.7 Å². The number of hydrogen-bond donors (Lipinski definition) is 1. The van der Waals surface area contributed by atoms with Crippen LogP contribution in [0, 0.1) is 5.92 Å². The highest BCUT2D eigenvalue weighted by Gasteiger charge is 2.27. The molecule has 3 nitrogen and oxygen atoms in total. The molecule has 1 saturated heterocycles. The highest BCUT2D eigenvalue weighted by molar-refractivity contribution is 5.85. The van der Waals surface area contributed by atoms with Gasteiger partial charge in [0.1, 0.15) is 0 Å². The van der Waals surface area contributed by atoms with Crippen LogP contribution in [0.2, 0.25) is 0 Å². The minimum absolute atomic E-state index is 0. The van der Waals surface area contributed by atoms with Crippen molar-refractivity contribution in [3.63, 3.8) is 0 Å². The molecule has 2 fully saturated rings. The smallest absolute Gasteiger partial charge is 0.225 e. The molecule has 4 heteroatoms. The average Bonchev–Trinajstić information content (AvgIpc) is 2.56. The van der Waals surface area contributed by atoms with Crippen LogP contribution < -0.4 is 5.73 Å². The fourth-order valence-electron chi connectivity index (χ4n) is 2.99. The summed E-state index contributed by atoms with van der Waals surface area (Å²) in [6.45, 7) is 1.72. The molecule has 1 heterocycles. The lowest BCUT2D eigenvalue weighted by Crippen LogP contribution is -2.47. The van der Waals surface area contributed by atoms with Crippen molar-refractivity contribution in [1.29, 1.82) is 0 Å². The van der Waals surface area contributed by atoms with E-state index in [0.29, 0.717) is 11.8 Å². The predicted molar refractivity (Wildman–Crippen MR) is 72.2 cm³/mol. The molecule has 2 N–H and O–H groups in total. The summed E-state index contributed by atoms with van der Waals surface area (Å²) >= 11 is 0. The van der Waals surface area contributed by atoms with Gasteiger partial charge in [-0.05, 0) is 25.7 Å². The summed E-state index contributed by atoms with van der Waals surface area (Å²) in [6, 6.07) is 0.212. The van der Waals surface area contributed by atoms with Crippen molar-refractivity contribution < 1.29 is 4.79 Å². The maximum Gasteiger partial charge on any atom is 0.225 e. The Labute approximate surface area is 111 Å². The van der Waals surface area contributed by atoms with E-state index in [1.54, 1.807) is 0 Å². The van der Waals surface area contributed by atoms with Crippen molar-refractivity contribution in [3.05, 3.63) is 0 Å². The molecule has 0 aromatic carbocycles. The van der Waals surface area contributed by atoms with Crippen molar-refractivity contribution in [3.8, 4) is 0 Å². The van der Waals surface area contributed by atoms with Crippen LogP contribution in [0.4, 0.5) is 0 Å². The minimum atomic E-state index is 0. The second-order valence-electron chi connectivity index (χ2n) is 5.38. The molecule has 0 unspecified atom stereocenters. The SMILES string of the molecule is Cl.N[C@@H]1CCCN(C(=O)C2CCCCCC2)C1. The zero-order valence-corrected chi connectivity index (χ0v) is 11.4. The Bertz CT molecular complexity index is 236. The summed E-state index contributed by atoms with van der Waals surface area (Å²) in [4.78, 5) is 14.3. The lowest BCUT2D eigenvalue weighted by molar-refractivity contribution is -0.137. The van der Waals surface area contributed by atoms with Gasteiger partial charge in [-0.2, -0.15) is 0 Å². The largest absolute Gasteiger partial charge is 0.341 e.